The molecule has 1 saturated heterocycles. The molecule has 1 aliphatic heterocycles. The Morgan fingerprint density at radius 1 is 1.50 bits per heavy atom. The molecule has 1 N–H and O–H groups in total. The maximum atomic E-state index is 12.5. The Morgan fingerprint density at radius 2 is 2.20 bits per heavy atom. The number of hydrogen-bond donors (Lipinski definition) is 1. The van der Waals surface area contributed by atoms with Crippen molar-refractivity contribution in [2.45, 2.75) is 26.3 Å². The molecule has 1 fully saturated rings. The van der Waals surface area contributed by atoms with E-state index in [1.54, 1.807) is 12.0 Å². The van der Waals surface area contributed by atoms with Gasteiger partial charge in [-0.15, -0.1) is 0 Å². The fraction of sp³-hybridized carbons (Fsp3) is 0.923. The van der Waals surface area contributed by atoms with Gasteiger partial charge in [0.2, 0.25) is 5.91 Å². The van der Waals surface area contributed by atoms with Gasteiger partial charge in [-0.2, -0.15) is 0 Å². The summed E-state index contributed by atoms with van der Waals surface area (Å²) in [4.78, 5) is 14.2. The van der Waals surface area contributed by atoms with E-state index in [1.807, 2.05) is 13.8 Å². The number of sulfone groups is 1. The van der Waals surface area contributed by atoms with E-state index in [0.29, 0.717) is 26.1 Å². The maximum absolute atomic E-state index is 12.5. The van der Waals surface area contributed by atoms with Crippen molar-refractivity contribution in [2.24, 2.45) is 5.92 Å². The molecule has 118 valence electrons. The molecule has 7 heteroatoms. The van der Waals surface area contributed by atoms with E-state index < -0.39 is 9.84 Å². The van der Waals surface area contributed by atoms with Gasteiger partial charge in [0.1, 0.15) is 0 Å². The van der Waals surface area contributed by atoms with Crippen LogP contribution in [0.25, 0.3) is 0 Å². The van der Waals surface area contributed by atoms with Crippen LogP contribution in [0.15, 0.2) is 0 Å². The van der Waals surface area contributed by atoms with Crippen molar-refractivity contribution >= 4 is 15.7 Å². The number of nitrogens with one attached hydrogen (secondary N) is 1. The summed E-state index contributed by atoms with van der Waals surface area (Å²) in [6.07, 6.45) is 0.533. The molecule has 1 heterocycles. The highest BCUT2D eigenvalue weighted by Gasteiger charge is 2.35. The van der Waals surface area contributed by atoms with Crippen LogP contribution in [0.5, 0.6) is 0 Å². The van der Waals surface area contributed by atoms with Gasteiger partial charge in [0, 0.05) is 32.2 Å². The molecule has 0 bridgehead atoms. The lowest BCUT2D eigenvalue weighted by Gasteiger charge is -2.30. The smallest absolute Gasteiger partial charge is 0.227 e. The second-order valence-corrected chi connectivity index (χ2v) is 7.52. The van der Waals surface area contributed by atoms with E-state index >= 15 is 0 Å². The van der Waals surface area contributed by atoms with Crippen LogP contribution in [0.3, 0.4) is 0 Å². The SMILES string of the molecule is CCNCC(C)C(=O)N(CCOC)C1CCS(=O)(=O)C1. The average Bonchev–Trinajstić information content (AvgIpc) is 2.76. The summed E-state index contributed by atoms with van der Waals surface area (Å²) in [5.41, 5.74) is 0. The minimum atomic E-state index is -2.99. The van der Waals surface area contributed by atoms with Gasteiger partial charge in [0.15, 0.2) is 9.84 Å². The Balaban J connectivity index is 2.70. The summed E-state index contributed by atoms with van der Waals surface area (Å²) in [5, 5.41) is 3.15. The van der Waals surface area contributed by atoms with Gasteiger partial charge >= 0.3 is 0 Å². The molecule has 2 atom stereocenters. The summed E-state index contributed by atoms with van der Waals surface area (Å²) in [6, 6.07) is -0.202. The molecular weight excluding hydrogens is 280 g/mol. The molecule has 0 radical (unpaired) electrons. The van der Waals surface area contributed by atoms with Crippen LogP contribution >= 0.6 is 0 Å². The van der Waals surface area contributed by atoms with Crippen LogP contribution in [-0.4, -0.2) is 70.1 Å². The first-order valence-corrected chi connectivity index (χ1v) is 8.94. The van der Waals surface area contributed by atoms with Crippen molar-refractivity contribution in [1.82, 2.24) is 10.2 Å². The zero-order valence-electron chi connectivity index (χ0n) is 12.6. The van der Waals surface area contributed by atoms with E-state index in [-0.39, 0.29) is 29.4 Å². The highest BCUT2D eigenvalue weighted by atomic mass is 32.2. The van der Waals surface area contributed by atoms with Crippen LogP contribution in [0.2, 0.25) is 0 Å². The summed E-state index contributed by atoms with van der Waals surface area (Å²) in [6.45, 7) is 6.16. The normalized spacial score (nSPS) is 22.6. The van der Waals surface area contributed by atoms with Gasteiger partial charge in [-0.3, -0.25) is 4.79 Å². The number of methoxy groups -OCH3 is 1. The molecule has 0 aromatic heterocycles. The largest absolute Gasteiger partial charge is 0.383 e. The quantitative estimate of drug-likeness (QED) is 0.677. The molecule has 0 saturated carbocycles. The minimum absolute atomic E-state index is 0.00472. The number of hydrogen-bond acceptors (Lipinski definition) is 5. The Hall–Kier alpha value is -0.660. The molecule has 0 spiro atoms. The summed E-state index contributed by atoms with van der Waals surface area (Å²) >= 11 is 0. The number of nitrogens with zero attached hydrogens (tertiary/aromatic N) is 1. The van der Waals surface area contributed by atoms with Gasteiger partial charge in [-0.05, 0) is 13.0 Å². The van der Waals surface area contributed by atoms with Crippen LogP contribution < -0.4 is 5.32 Å². The molecule has 0 aliphatic carbocycles. The lowest BCUT2D eigenvalue weighted by atomic mass is 10.1. The predicted octanol–water partition coefficient (Wildman–Crippen LogP) is -0.106. The number of carbonyl (C=O) groups is 1. The fourth-order valence-electron chi connectivity index (χ4n) is 2.41. The Labute approximate surface area is 121 Å². The van der Waals surface area contributed by atoms with E-state index in [2.05, 4.69) is 5.32 Å². The standard InChI is InChI=1S/C13H26N2O4S/c1-4-14-9-11(2)13(16)15(6-7-19-3)12-5-8-20(17,18)10-12/h11-12,14H,4-10H2,1-3H3. The molecule has 20 heavy (non-hydrogen) atoms. The van der Waals surface area contributed by atoms with Crippen molar-refractivity contribution < 1.29 is 17.9 Å². The van der Waals surface area contributed by atoms with Crippen LogP contribution in [0, 0.1) is 5.92 Å². The number of rotatable bonds is 8. The highest BCUT2D eigenvalue weighted by Crippen LogP contribution is 2.19. The van der Waals surface area contributed by atoms with Crippen molar-refractivity contribution in [3.8, 4) is 0 Å². The summed E-state index contributed by atoms with van der Waals surface area (Å²) in [7, 11) is -1.41. The molecule has 6 nitrogen and oxygen atoms in total. The summed E-state index contributed by atoms with van der Waals surface area (Å²) in [5.74, 6) is 0.104. The molecule has 2 unspecified atom stereocenters. The third-order valence-corrected chi connectivity index (χ3v) is 5.34. The van der Waals surface area contributed by atoms with E-state index in [1.165, 1.54) is 0 Å². The molecule has 1 aliphatic rings. The maximum Gasteiger partial charge on any atom is 0.227 e. The second-order valence-electron chi connectivity index (χ2n) is 5.29. The number of ether oxygens (including phenoxy) is 1. The molecule has 1 amide bonds. The van der Waals surface area contributed by atoms with E-state index in [0.717, 1.165) is 6.54 Å². The fourth-order valence-corrected chi connectivity index (χ4v) is 4.15. The zero-order valence-corrected chi connectivity index (χ0v) is 13.4. The number of amides is 1. The third-order valence-electron chi connectivity index (χ3n) is 3.59. The lowest BCUT2D eigenvalue weighted by molar-refractivity contribution is -0.137. The first-order chi connectivity index (χ1) is 9.41. The monoisotopic (exact) mass is 306 g/mol. The number of carbonyl (C=O) groups excluding carboxylic acids is 1. The van der Waals surface area contributed by atoms with Gasteiger partial charge in [-0.1, -0.05) is 13.8 Å². The predicted molar refractivity (Wildman–Crippen MR) is 78.4 cm³/mol. The first kappa shape index (κ1) is 17.4. The highest BCUT2D eigenvalue weighted by molar-refractivity contribution is 7.91. The zero-order chi connectivity index (χ0) is 15.2. The van der Waals surface area contributed by atoms with Crippen molar-refractivity contribution in [1.29, 1.82) is 0 Å². The second kappa shape index (κ2) is 7.95. The lowest BCUT2D eigenvalue weighted by Crippen LogP contribution is -2.47. The Morgan fingerprint density at radius 3 is 2.70 bits per heavy atom. The van der Waals surface area contributed by atoms with Crippen LogP contribution in [-0.2, 0) is 19.4 Å². The molecule has 0 aromatic rings. The molecule has 0 aromatic carbocycles. The van der Waals surface area contributed by atoms with Crippen molar-refractivity contribution in [3.63, 3.8) is 0 Å². The van der Waals surface area contributed by atoms with E-state index in [4.69, 9.17) is 4.74 Å². The van der Waals surface area contributed by atoms with Crippen LogP contribution in [0.1, 0.15) is 20.3 Å². The van der Waals surface area contributed by atoms with Gasteiger partial charge < -0.3 is 15.0 Å². The van der Waals surface area contributed by atoms with Crippen molar-refractivity contribution in [2.75, 3.05) is 44.9 Å². The topological polar surface area (TPSA) is 75.7 Å². The minimum Gasteiger partial charge on any atom is -0.383 e. The van der Waals surface area contributed by atoms with Gasteiger partial charge in [0.05, 0.1) is 18.1 Å². The van der Waals surface area contributed by atoms with Crippen molar-refractivity contribution in [3.05, 3.63) is 0 Å². The molecule has 1 rings (SSSR count). The van der Waals surface area contributed by atoms with Crippen LogP contribution in [0.4, 0.5) is 0 Å². The van der Waals surface area contributed by atoms with Gasteiger partial charge in [0.25, 0.3) is 0 Å². The Kier molecular flexibility index (Phi) is 6.91. The Bertz CT molecular complexity index is 411. The first-order valence-electron chi connectivity index (χ1n) is 7.11. The third kappa shape index (κ3) is 5.03. The molecular formula is C13H26N2O4S. The van der Waals surface area contributed by atoms with E-state index in [9.17, 15) is 13.2 Å². The van der Waals surface area contributed by atoms with Gasteiger partial charge in [-0.25, -0.2) is 8.42 Å². The average molecular weight is 306 g/mol. The summed E-state index contributed by atoms with van der Waals surface area (Å²) < 4.78 is 28.2.